The molecule has 4 aromatic carbocycles. The summed E-state index contributed by atoms with van der Waals surface area (Å²) in [6.45, 7) is 6.31. The first kappa shape index (κ1) is 26.8. The number of anilines is 1. The standard InChI is InChI=1S/C36H35NO4/c1-22(23-10-6-5-7-11-23)18-32(39)41-30-17-15-25(19-31(30)40-4)33-27-16-14-24-12-8-9-13-26(24)35(27)37-28-20-36(2,3)21-29(38)34(28)33/h5-17,19,22,33,37H,18,20-21H2,1-4H3. The first-order valence-corrected chi connectivity index (χ1v) is 14.2. The van der Waals surface area contributed by atoms with Crippen molar-refractivity contribution in [3.63, 3.8) is 0 Å². The van der Waals surface area contributed by atoms with Crippen LogP contribution in [0.25, 0.3) is 10.8 Å². The lowest BCUT2D eigenvalue weighted by Crippen LogP contribution is -2.33. The Morgan fingerprint density at radius 3 is 2.49 bits per heavy atom. The van der Waals surface area contributed by atoms with Gasteiger partial charge in [0.1, 0.15) is 0 Å². The van der Waals surface area contributed by atoms with Gasteiger partial charge in [0.15, 0.2) is 17.3 Å². The Kier molecular flexibility index (Phi) is 6.90. The molecule has 0 amide bonds. The summed E-state index contributed by atoms with van der Waals surface area (Å²) in [7, 11) is 1.58. The fraction of sp³-hybridized carbons (Fsp3) is 0.278. The van der Waals surface area contributed by atoms with Crippen LogP contribution in [0.15, 0.2) is 96.2 Å². The maximum Gasteiger partial charge on any atom is 0.311 e. The molecule has 4 aromatic rings. The summed E-state index contributed by atoms with van der Waals surface area (Å²) >= 11 is 0. The molecule has 0 aromatic heterocycles. The van der Waals surface area contributed by atoms with E-state index >= 15 is 0 Å². The van der Waals surface area contributed by atoms with E-state index in [9.17, 15) is 9.59 Å². The number of fused-ring (bicyclic) bond motifs is 3. The van der Waals surface area contributed by atoms with Crippen molar-refractivity contribution in [3.8, 4) is 11.5 Å². The molecule has 0 saturated heterocycles. The molecule has 0 fully saturated rings. The predicted molar refractivity (Wildman–Crippen MR) is 163 cm³/mol. The van der Waals surface area contributed by atoms with Gasteiger partial charge in [-0.25, -0.2) is 0 Å². The predicted octanol–water partition coefficient (Wildman–Crippen LogP) is 8.15. The van der Waals surface area contributed by atoms with Gasteiger partial charge in [-0.1, -0.05) is 93.6 Å². The molecule has 2 atom stereocenters. The van der Waals surface area contributed by atoms with Gasteiger partial charge < -0.3 is 14.8 Å². The van der Waals surface area contributed by atoms with Crippen LogP contribution in [0.5, 0.6) is 11.5 Å². The number of rotatable bonds is 6. The van der Waals surface area contributed by atoms with Crippen LogP contribution in [0.3, 0.4) is 0 Å². The highest BCUT2D eigenvalue weighted by Crippen LogP contribution is 2.51. The number of methoxy groups -OCH3 is 1. The summed E-state index contributed by atoms with van der Waals surface area (Å²) < 4.78 is 11.5. The van der Waals surface area contributed by atoms with Crippen LogP contribution in [0.2, 0.25) is 0 Å². The Bertz CT molecular complexity index is 1680. The lowest BCUT2D eigenvalue weighted by atomic mass is 9.68. The fourth-order valence-electron chi connectivity index (χ4n) is 6.36. The van der Waals surface area contributed by atoms with Gasteiger partial charge in [-0.3, -0.25) is 9.59 Å². The van der Waals surface area contributed by atoms with E-state index in [0.717, 1.165) is 50.8 Å². The molecule has 6 rings (SSSR count). The maximum atomic E-state index is 13.7. The number of carbonyl (C=O) groups excluding carboxylic acids is 2. The van der Waals surface area contributed by atoms with Gasteiger partial charge in [-0.2, -0.15) is 0 Å². The van der Waals surface area contributed by atoms with E-state index in [4.69, 9.17) is 9.47 Å². The Morgan fingerprint density at radius 2 is 1.71 bits per heavy atom. The Hall–Kier alpha value is -4.38. The number of hydrogen-bond donors (Lipinski definition) is 1. The normalized spacial score (nSPS) is 18.2. The molecule has 0 radical (unpaired) electrons. The summed E-state index contributed by atoms with van der Waals surface area (Å²) in [5.41, 5.74) is 5.80. The molecular weight excluding hydrogens is 510 g/mol. The zero-order chi connectivity index (χ0) is 28.7. The summed E-state index contributed by atoms with van der Waals surface area (Å²) in [4.78, 5) is 26.6. The SMILES string of the molecule is COc1cc(C2C3=C(CC(C)(C)CC3=O)Nc3c2ccc2ccccc32)ccc1OC(=O)CC(C)c1ccccc1. The molecule has 0 bridgehead atoms. The van der Waals surface area contributed by atoms with Gasteiger partial charge in [0.25, 0.3) is 0 Å². The van der Waals surface area contributed by atoms with E-state index in [1.165, 1.54) is 0 Å². The second-order valence-corrected chi connectivity index (χ2v) is 12.0. The molecular formula is C36H35NO4. The van der Waals surface area contributed by atoms with Crippen molar-refractivity contribution in [2.24, 2.45) is 5.41 Å². The fourth-order valence-corrected chi connectivity index (χ4v) is 6.36. The van der Waals surface area contributed by atoms with Crippen LogP contribution in [0.1, 0.15) is 68.6 Å². The largest absolute Gasteiger partial charge is 0.493 e. The lowest BCUT2D eigenvalue weighted by Gasteiger charge is -2.40. The second-order valence-electron chi connectivity index (χ2n) is 12.0. The number of benzene rings is 4. The summed E-state index contributed by atoms with van der Waals surface area (Å²) in [5, 5.41) is 5.96. The van der Waals surface area contributed by atoms with Crippen molar-refractivity contribution in [2.75, 3.05) is 12.4 Å². The minimum Gasteiger partial charge on any atom is -0.493 e. The highest BCUT2D eigenvalue weighted by molar-refractivity contribution is 6.05. The third kappa shape index (κ3) is 5.13. The van der Waals surface area contributed by atoms with Gasteiger partial charge in [-0.05, 0) is 52.0 Å². The van der Waals surface area contributed by atoms with Gasteiger partial charge in [0.2, 0.25) is 0 Å². The van der Waals surface area contributed by atoms with Crippen LogP contribution in [0, 0.1) is 5.41 Å². The highest BCUT2D eigenvalue weighted by atomic mass is 16.6. The number of ether oxygens (including phenoxy) is 2. The van der Waals surface area contributed by atoms with Gasteiger partial charge in [0.05, 0.1) is 19.2 Å². The average Bonchev–Trinajstić information content (AvgIpc) is 2.96. The molecule has 5 nitrogen and oxygen atoms in total. The molecule has 2 unspecified atom stereocenters. The van der Waals surface area contributed by atoms with Crippen LogP contribution < -0.4 is 14.8 Å². The number of ketones is 1. The number of hydrogen-bond acceptors (Lipinski definition) is 5. The Labute approximate surface area is 241 Å². The van der Waals surface area contributed by atoms with E-state index in [1.54, 1.807) is 13.2 Å². The average molecular weight is 546 g/mol. The zero-order valence-corrected chi connectivity index (χ0v) is 24.0. The minimum atomic E-state index is -0.319. The van der Waals surface area contributed by atoms with Crippen LogP contribution in [-0.4, -0.2) is 18.9 Å². The summed E-state index contributed by atoms with van der Waals surface area (Å²) in [6.07, 6.45) is 1.54. The minimum absolute atomic E-state index is 0.0296. The Morgan fingerprint density at radius 1 is 0.951 bits per heavy atom. The summed E-state index contributed by atoms with van der Waals surface area (Å²) in [6, 6.07) is 28.2. The molecule has 5 heteroatoms. The first-order chi connectivity index (χ1) is 19.7. The number of esters is 1. The third-order valence-electron chi connectivity index (χ3n) is 8.34. The number of carbonyl (C=O) groups is 2. The van der Waals surface area contributed by atoms with Crippen molar-refractivity contribution < 1.29 is 19.1 Å². The van der Waals surface area contributed by atoms with Gasteiger partial charge in [0, 0.05) is 29.0 Å². The third-order valence-corrected chi connectivity index (χ3v) is 8.34. The van der Waals surface area contributed by atoms with Crippen LogP contribution in [0.4, 0.5) is 5.69 Å². The molecule has 41 heavy (non-hydrogen) atoms. The van der Waals surface area contributed by atoms with Crippen molar-refractivity contribution in [1.82, 2.24) is 0 Å². The Balaban J connectivity index is 1.38. The molecule has 208 valence electrons. The molecule has 2 aliphatic rings. The molecule has 1 N–H and O–H groups in total. The smallest absolute Gasteiger partial charge is 0.311 e. The van der Waals surface area contributed by atoms with Crippen molar-refractivity contribution in [3.05, 3.63) is 113 Å². The molecule has 1 aliphatic heterocycles. The van der Waals surface area contributed by atoms with Crippen molar-refractivity contribution >= 4 is 28.2 Å². The molecule has 1 aliphatic carbocycles. The lowest BCUT2D eigenvalue weighted by molar-refractivity contribution is -0.134. The quantitative estimate of drug-likeness (QED) is 0.196. The topological polar surface area (TPSA) is 64.6 Å². The van der Waals surface area contributed by atoms with E-state index < -0.39 is 0 Å². The molecule has 0 saturated carbocycles. The zero-order valence-electron chi connectivity index (χ0n) is 24.0. The van der Waals surface area contributed by atoms with Gasteiger partial charge in [-0.15, -0.1) is 0 Å². The van der Waals surface area contributed by atoms with Crippen LogP contribution >= 0.6 is 0 Å². The van der Waals surface area contributed by atoms with Crippen LogP contribution in [-0.2, 0) is 9.59 Å². The van der Waals surface area contributed by atoms with E-state index in [0.29, 0.717) is 17.9 Å². The maximum absolute atomic E-state index is 13.7. The molecule has 0 spiro atoms. The van der Waals surface area contributed by atoms with E-state index in [2.05, 4.69) is 43.4 Å². The molecule has 1 heterocycles. The first-order valence-electron chi connectivity index (χ1n) is 14.2. The van der Waals surface area contributed by atoms with E-state index in [1.807, 2.05) is 61.5 Å². The van der Waals surface area contributed by atoms with E-state index in [-0.39, 0.29) is 35.4 Å². The van der Waals surface area contributed by atoms with Crippen molar-refractivity contribution in [1.29, 1.82) is 0 Å². The monoisotopic (exact) mass is 545 g/mol. The second kappa shape index (κ2) is 10.5. The van der Waals surface area contributed by atoms with Crippen molar-refractivity contribution in [2.45, 2.75) is 51.9 Å². The number of allylic oxidation sites excluding steroid dienone is 2. The number of nitrogens with one attached hydrogen (secondary N) is 1. The highest BCUT2D eigenvalue weighted by Gasteiger charge is 2.41. The summed E-state index contributed by atoms with van der Waals surface area (Å²) in [5.74, 6) is 0.458. The van der Waals surface area contributed by atoms with Gasteiger partial charge >= 0.3 is 5.97 Å². The number of Topliss-reactive ketones (excluding diaryl/α,β-unsaturated/α-hetero) is 1.